The first kappa shape index (κ1) is 11.8. The fourth-order valence-electron chi connectivity index (χ4n) is 2.63. The minimum absolute atomic E-state index is 0.552. The highest BCUT2D eigenvalue weighted by molar-refractivity contribution is 7.99. The first-order valence-corrected chi connectivity index (χ1v) is 7.65. The summed E-state index contributed by atoms with van der Waals surface area (Å²) >= 11 is 1.98. The van der Waals surface area contributed by atoms with Crippen LogP contribution in [0.2, 0.25) is 0 Å². The van der Waals surface area contributed by atoms with Crippen molar-refractivity contribution in [3.05, 3.63) is 24.2 Å². The normalized spacial score (nSPS) is 23.7. The topological polar surface area (TPSA) is 42.2 Å². The van der Waals surface area contributed by atoms with Crippen LogP contribution >= 0.6 is 11.8 Å². The van der Waals surface area contributed by atoms with E-state index in [1.54, 1.807) is 0 Å². The molecule has 1 aliphatic carbocycles. The molecule has 2 atom stereocenters. The molecule has 0 spiro atoms. The Bertz CT molecular complexity index is 551. The van der Waals surface area contributed by atoms with E-state index in [1.807, 2.05) is 35.6 Å². The standard InChI is InChI=1S/C13H18N4S/c1-9-7-12-13(14-5-6-17(12)16-9)15-10-3-4-11(8-10)18-2/h5-7,10-11H,3-4,8H2,1-2H3,(H,14,15). The van der Waals surface area contributed by atoms with Crippen LogP contribution in [0.5, 0.6) is 0 Å². The van der Waals surface area contributed by atoms with Gasteiger partial charge in [0.2, 0.25) is 0 Å². The molecule has 1 aliphatic rings. The fraction of sp³-hybridized carbons (Fsp3) is 0.538. The van der Waals surface area contributed by atoms with Crippen molar-refractivity contribution in [3.8, 4) is 0 Å². The molecule has 0 radical (unpaired) electrons. The van der Waals surface area contributed by atoms with Gasteiger partial charge in [0.25, 0.3) is 0 Å². The lowest BCUT2D eigenvalue weighted by molar-refractivity contribution is 0.751. The molecule has 2 heterocycles. The molecular formula is C13H18N4S. The quantitative estimate of drug-likeness (QED) is 0.923. The molecule has 5 heteroatoms. The second-order valence-electron chi connectivity index (χ2n) is 4.90. The summed E-state index contributed by atoms with van der Waals surface area (Å²) in [6.07, 6.45) is 9.68. The molecule has 3 rings (SSSR count). The van der Waals surface area contributed by atoms with Crippen LogP contribution in [0, 0.1) is 6.92 Å². The molecule has 96 valence electrons. The summed E-state index contributed by atoms with van der Waals surface area (Å²) in [5, 5.41) is 8.79. The van der Waals surface area contributed by atoms with E-state index in [0.29, 0.717) is 6.04 Å². The zero-order chi connectivity index (χ0) is 12.5. The largest absolute Gasteiger partial charge is 0.366 e. The van der Waals surface area contributed by atoms with E-state index in [4.69, 9.17) is 0 Å². The van der Waals surface area contributed by atoms with E-state index in [-0.39, 0.29) is 0 Å². The second-order valence-corrected chi connectivity index (χ2v) is 6.04. The molecule has 0 bridgehead atoms. The Hall–Kier alpha value is -1.23. The third kappa shape index (κ3) is 2.19. The number of hydrogen-bond acceptors (Lipinski definition) is 4. The number of anilines is 1. The van der Waals surface area contributed by atoms with Gasteiger partial charge in [0.1, 0.15) is 5.52 Å². The molecule has 18 heavy (non-hydrogen) atoms. The fourth-order valence-corrected chi connectivity index (χ4v) is 3.43. The molecular weight excluding hydrogens is 244 g/mol. The van der Waals surface area contributed by atoms with Gasteiger partial charge >= 0.3 is 0 Å². The maximum Gasteiger partial charge on any atom is 0.152 e. The lowest BCUT2D eigenvalue weighted by Crippen LogP contribution is -2.17. The molecule has 2 aromatic rings. The average molecular weight is 262 g/mol. The van der Waals surface area contributed by atoms with E-state index >= 15 is 0 Å². The van der Waals surface area contributed by atoms with Gasteiger partial charge in [-0.2, -0.15) is 16.9 Å². The van der Waals surface area contributed by atoms with Gasteiger partial charge in [0.15, 0.2) is 5.82 Å². The lowest BCUT2D eigenvalue weighted by Gasteiger charge is -2.13. The van der Waals surface area contributed by atoms with Gasteiger partial charge in [-0.1, -0.05) is 0 Å². The Labute approximate surface area is 111 Å². The molecule has 1 saturated carbocycles. The van der Waals surface area contributed by atoms with Crippen molar-refractivity contribution in [1.82, 2.24) is 14.6 Å². The third-order valence-electron chi connectivity index (χ3n) is 3.57. The second kappa shape index (κ2) is 4.80. The molecule has 0 amide bonds. The highest BCUT2D eigenvalue weighted by Gasteiger charge is 2.24. The van der Waals surface area contributed by atoms with E-state index in [9.17, 15) is 0 Å². The summed E-state index contributed by atoms with van der Waals surface area (Å²) in [6.45, 7) is 2.01. The van der Waals surface area contributed by atoms with E-state index in [1.165, 1.54) is 19.3 Å². The van der Waals surface area contributed by atoms with Crippen LogP contribution in [0.25, 0.3) is 5.52 Å². The monoisotopic (exact) mass is 262 g/mol. The van der Waals surface area contributed by atoms with Gasteiger partial charge in [-0.3, -0.25) is 0 Å². The molecule has 0 aliphatic heterocycles. The predicted octanol–water partition coefficient (Wildman–Crippen LogP) is 2.73. The Kier molecular flexibility index (Phi) is 3.16. The van der Waals surface area contributed by atoms with Crippen LogP contribution in [-0.2, 0) is 0 Å². The van der Waals surface area contributed by atoms with Crippen LogP contribution in [0.1, 0.15) is 25.0 Å². The summed E-state index contributed by atoms with van der Waals surface area (Å²) in [4.78, 5) is 4.46. The molecule has 0 aromatic carbocycles. The number of nitrogens with zero attached hydrogens (tertiary/aromatic N) is 3. The Balaban J connectivity index is 1.82. The lowest BCUT2D eigenvalue weighted by atomic mass is 10.2. The number of nitrogens with one attached hydrogen (secondary N) is 1. The maximum absolute atomic E-state index is 4.46. The third-order valence-corrected chi connectivity index (χ3v) is 4.67. The molecule has 2 aromatic heterocycles. The van der Waals surface area contributed by atoms with Crippen molar-refractivity contribution in [2.24, 2.45) is 0 Å². The van der Waals surface area contributed by atoms with Gasteiger partial charge in [0, 0.05) is 23.7 Å². The SMILES string of the molecule is CSC1CCC(Nc2nccn3nc(C)cc23)C1. The molecule has 2 unspecified atom stereocenters. The van der Waals surface area contributed by atoms with Gasteiger partial charge in [-0.25, -0.2) is 9.50 Å². The van der Waals surface area contributed by atoms with Crippen molar-refractivity contribution in [2.75, 3.05) is 11.6 Å². The number of fused-ring (bicyclic) bond motifs is 1. The summed E-state index contributed by atoms with van der Waals surface area (Å²) in [6, 6.07) is 2.63. The van der Waals surface area contributed by atoms with Crippen molar-refractivity contribution < 1.29 is 0 Å². The highest BCUT2D eigenvalue weighted by atomic mass is 32.2. The zero-order valence-corrected chi connectivity index (χ0v) is 11.6. The Morgan fingerprint density at radius 1 is 1.44 bits per heavy atom. The van der Waals surface area contributed by atoms with Crippen molar-refractivity contribution in [2.45, 2.75) is 37.5 Å². The number of aryl methyl sites for hydroxylation is 1. The van der Waals surface area contributed by atoms with E-state index < -0.39 is 0 Å². The van der Waals surface area contributed by atoms with Crippen LogP contribution in [0.15, 0.2) is 18.5 Å². The number of aromatic nitrogens is 3. The van der Waals surface area contributed by atoms with Gasteiger partial charge < -0.3 is 5.32 Å². The maximum atomic E-state index is 4.46. The van der Waals surface area contributed by atoms with Crippen LogP contribution < -0.4 is 5.32 Å². The molecule has 4 nitrogen and oxygen atoms in total. The van der Waals surface area contributed by atoms with Crippen molar-refractivity contribution >= 4 is 23.1 Å². The zero-order valence-electron chi connectivity index (χ0n) is 10.8. The van der Waals surface area contributed by atoms with E-state index in [0.717, 1.165) is 22.3 Å². The summed E-state index contributed by atoms with van der Waals surface area (Å²) in [7, 11) is 0. The Morgan fingerprint density at radius 3 is 3.11 bits per heavy atom. The minimum Gasteiger partial charge on any atom is -0.366 e. The number of thioether (sulfide) groups is 1. The predicted molar refractivity (Wildman–Crippen MR) is 76.3 cm³/mol. The number of hydrogen-bond donors (Lipinski definition) is 1. The summed E-state index contributed by atoms with van der Waals surface area (Å²) < 4.78 is 1.89. The molecule has 1 N–H and O–H groups in total. The van der Waals surface area contributed by atoms with Crippen LogP contribution in [0.4, 0.5) is 5.82 Å². The smallest absolute Gasteiger partial charge is 0.152 e. The average Bonchev–Trinajstić information content (AvgIpc) is 2.95. The Morgan fingerprint density at radius 2 is 2.33 bits per heavy atom. The van der Waals surface area contributed by atoms with Gasteiger partial charge in [-0.05, 0) is 38.5 Å². The van der Waals surface area contributed by atoms with Crippen LogP contribution in [0.3, 0.4) is 0 Å². The molecule has 1 fully saturated rings. The van der Waals surface area contributed by atoms with Crippen LogP contribution in [-0.4, -0.2) is 32.1 Å². The summed E-state index contributed by atoms with van der Waals surface area (Å²) in [5.41, 5.74) is 2.10. The van der Waals surface area contributed by atoms with Crippen molar-refractivity contribution in [1.29, 1.82) is 0 Å². The first-order valence-electron chi connectivity index (χ1n) is 6.36. The molecule has 0 saturated heterocycles. The first-order chi connectivity index (χ1) is 8.76. The van der Waals surface area contributed by atoms with Crippen molar-refractivity contribution in [3.63, 3.8) is 0 Å². The van der Waals surface area contributed by atoms with E-state index in [2.05, 4.69) is 27.7 Å². The number of rotatable bonds is 3. The van der Waals surface area contributed by atoms with Gasteiger partial charge in [-0.15, -0.1) is 0 Å². The minimum atomic E-state index is 0.552. The highest BCUT2D eigenvalue weighted by Crippen LogP contribution is 2.30. The summed E-state index contributed by atoms with van der Waals surface area (Å²) in [5.74, 6) is 0.963. The van der Waals surface area contributed by atoms with Gasteiger partial charge in [0.05, 0.1) is 5.69 Å².